The summed E-state index contributed by atoms with van der Waals surface area (Å²) in [5.74, 6) is -0.359. The molecule has 1 N–H and O–H groups in total. The van der Waals surface area contributed by atoms with Crippen molar-refractivity contribution in [2.75, 3.05) is 60.7 Å². The molecule has 2 aliphatic rings. The third-order valence-electron chi connectivity index (χ3n) is 7.83. The first-order valence-corrected chi connectivity index (χ1v) is 14.1. The first-order valence-electron chi connectivity index (χ1n) is 14.1. The van der Waals surface area contributed by atoms with Gasteiger partial charge in [-0.25, -0.2) is 4.98 Å². The molecule has 10 nitrogen and oxygen atoms in total. The number of carbonyl (C=O) groups is 2. The Kier molecular flexibility index (Phi) is 9.50. The number of ether oxygens (including phenoxy) is 2. The smallest absolute Gasteiger partial charge is 0.308 e. The fourth-order valence-electron chi connectivity index (χ4n) is 5.75. The molecular formula is C29H44N5O5+. The molecule has 0 saturated carbocycles. The number of hydrogen-bond donors (Lipinski definition) is 1. The lowest BCUT2D eigenvalue weighted by Crippen LogP contribution is -2.45. The van der Waals surface area contributed by atoms with Crippen molar-refractivity contribution >= 4 is 11.9 Å². The zero-order chi connectivity index (χ0) is 28.0. The van der Waals surface area contributed by atoms with E-state index in [0.717, 1.165) is 48.9 Å². The highest BCUT2D eigenvalue weighted by Gasteiger charge is 2.47. The van der Waals surface area contributed by atoms with Crippen LogP contribution in [-0.2, 0) is 16.1 Å². The fourth-order valence-corrected chi connectivity index (χ4v) is 5.75. The number of benzene rings is 1. The van der Waals surface area contributed by atoms with E-state index in [-0.39, 0.29) is 31.2 Å². The molecule has 39 heavy (non-hydrogen) atoms. The number of nitrogens with zero attached hydrogens (tertiary/aromatic N) is 5. The third kappa shape index (κ3) is 7.51. The summed E-state index contributed by atoms with van der Waals surface area (Å²) in [4.78, 5) is 34.6. The van der Waals surface area contributed by atoms with E-state index in [0.29, 0.717) is 31.0 Å². The minimum Gasteiger partial charge on any atom is -0.481 e. The molecule has 1 amide bonds. The van der Waals surface area contributed by atoms with Crippen LogP contribution >= 0.6 is 0 Å². The molecule has 1 aromatic carbocycles. The number of rotatable bonds is 14. The van der Waals surface area contributed by atoms with E-state index in [1.165, 1.54) is 0 Å². The molecule has 4 rings (SSSR count). The van der Waals surface area contributed by atoms with Gasteiger partial charge in [-0.2, -0.15) is 0 Å². The number of carboxylic acids is 1. The minimum absolute atomic E-state index is 0.0768. The summed E-state index contributed by atoms with van der Waals surface area (Å²) in [6.45, 7) is 6.08. The van der Waals surface area contributed by atoms with Gasteiger partial charge in [-0.05, 0) is 30.5 Å². The summed E-state index contributed by atoms with van der Waals surface area (Å²) in [7, 11) is 6.49. The largest absolute Gasteiger partial charge is 0.481 e. The van der Waals surface area contributed by atoms with Crippen molar-refractivity contribution in [2.45, 2.75) is 51.1 Å². The summed E-state index contributed by atoms with van der Waals surface area (Å²) in [6.07, 6.45) is 8.87. The summed E-state index contributed by atoms with van der Waals surface area (Å²) >= 11 is 0. The number of aliphatic carboxylic acids is 1. The Hall–Kier alpha value is -3.11. The molecule has 214 valence electrons. The van der Waals surface area contributed by atoms with Crippen molar-refractivity contribution in [1.29, 1.82) is 0 Å². The summed E-state index contributed by atoms with van der Waals surface area (Å²) < 4.78 is 13.9. The van der Waals surface area contributed by atoms with Gasteiger partial charge >= 0.3 is 5.97 Å². The zero-order valence-corrected chi connectivity index (χ0v) is 23.8. The molecule has 0 unspecified atom stereocenters. The number of imidazole rings is 1. The lowest BCUT2D eigenvalue weighted by atomic mass is 9.84. The monoisotopic (exact) mass is 542 g/mol. The second kappa shape index (κ2) is 12.8. The van der Waals surface area contributed by atoms with Crippen molar-refractivity contribution in [2.24, 2.45) is 5.92 Å². The summed E-state index contributed by atoms with van der Waals surface area (Å²) in [6, 6.07) is 5.40. The van der Waals surface area contributed by atoms with Crippen LogP contribution in [0.4, 0.5) is 0 Å². The van der Waals surface area contributed by atoms with Crippen molar-refractivity contribution in [3.05, 3.63) is 42.5 Å². The molecule has 2 aliphatic heterocycles. The maximum Gasteiger partial charge on any atom is 0.308 e. The number of quaternary nitrogens is 1. The molecule has 1 aromatic heterocycles. The van der Waals surface area contributed by atoms with Crippen LogP contribution in [0.2, 0.25) is 0 Å². The van der Waals surface area contributed by atoms with Gasteiger partial charge in [0.1, 0.15) is 0 Å². The number of hydrogen-bond acceptors (Lipinski definition) is 6. The third-order valence-corrected chi connectivity index (χ3v) is 7.83. The SMILES string of the molecule is CCCCN(CCC[N+](C)(C)C)C(=O)CN1C[C@H](c2ccc3c(c2)OCO3)[C@@H](C(=O)O)[C@@H]1CCn1ccnc1. The Bertz CT molecular complexity index is 1100. The minimum atomic E-state index is -0.839. The van der Waals surface area contributed by atoms with Gasteiger partial charge in [0, 0.05) is 57.0 Å². The van der Waals surface area contributed by atoms with E-state index in [1.807, 2.05) is 33.9 Å². The van der Waals surface area contributed by atoms with Crippen LogP contribution < -0.4 is 9.47 Å². The van der Waals surface area contributed by atoms with Crippen LogP contribution in [0.25, 0.3) is 0 Å². The first kappa shape index (κ1) is 28.9. The molecule has 2 aromatic rings. The summed E-state index contributed by atoms with van der Waals surface area (Å²) in [5, 5.41) is 10.4. The number of likely N-dealkylation sites (tertiary alicyclic amines) is 1. The predicted molar refractivity (Wildman–Crippen MR) is 148 cm³/mol. The highest BCUT2D eigenvalue weighted by molar-refractivity contribution is 5.79. The molecule has 1 fully saturated rings. The van der Waals surface area contributed by atoms with Crippen molar-refractivity contribution < 1.29 is 28.7 Å². The van der Waals surface area contributed by atoms with E-state index in [2.05, 4.69) is 38.0 Å². The lowest BCUT2D eigenvalue weighted by Gasteiger charge is -2.31. The molecule has 0 aliphatic carbocycles. The van der Waals surface area contributed by atoms with Gasteiger partial charge in [0.15, 0.2) is 11.5 Å². The molecular weight excluding hydrogens is 498 g/mol. The zero-order valence-electron chi connectivity index (χ0n) is 23.8. The Balaban J connectivity index is 1.55. The topological polar surface area (TPSA) is 97.1 Å². The summed E-state index contributed by atoms with van der Waals surface area (Å²) in [5.41, 5.74) is 0.903. The van der Waals surface area contributed by atoms with Gasteiger partial charge in [0.05, 0.1) is 46.5 Å². The lowest BCUT2D eigenvalue weighted by molar-refractivity contribution is -0.870. The van der Waals surface area contributed by atoms with Crippen molar-refractivity contribution in [3.8, 4) is 11.5 Å². The van der Waals surface area contributed by atoms with Gasteiger partial charge in [-0.1, -0.05) is 19.4 Å². The Morgan fingerprint density at radius 2 is 1.92 bits per heavy atom. The second-order valence-corrected chi connectivity index (χ2v) is 11.8. The molecule has 3 atom stereocenters. The number of carboxylic acid groups (broad SMARTS) is 1. The van der Waals surface area contributed by atoms with Crippen LogP contribution in [0.3, 0.4) is 0 Å². The Morgan fingerprint density at radius 3 is 2.62 bits per heavy atom. The predicted octanol–water partition coefficient (Wildman–Crippen LogP) is 2.90. The number of aryl methyl sites for hydroxylation is 1. The van der Waals surface area contributed by atoms with Gasteiger partial charge in [0.2, 0.25) is 12.7 Å². The van der Waals surface area contributed by atoms with E-state index >= 15 is 0 Å². The maximum atomic E-state index is 13.7. The van der Waals surface area contributed by atoms with Gasteiger partial charge in [-0.3, -0.25) is 14.5 Å². The highest BCUT2D eigenvalue weighted by Crippen LogP contribution is 2.42. The van der Waals surface area contributed by atoms with Crippen LogP contribution in [0.1, 0.15) is 44.1 Å². The number of aromatic nitrogens is 2. The molecule has 10 heteroatoms. The van der Waals surface area contributed by atoms with Crippen molar-refractivity contribution in [3.63, 3.8) is 0 Å². The fraction of sp³-hybridized carbons (Fsp3) is 0.621. The van der Waals surface area contributed by atoms with Crippen LogP contribution in [0.15, 0.2) is 36.9 Å². The Labute approximate surface area is 231 Å². The van der Waals surface area contributed by atoms with Crippen LogP contribution in [0.5, 0.6) is 11.5 Å². The van der Waals surface area contributed by atoms with Gasteiger partial charge < -0.3 is 28.5 Å². The number of unbranched alkanes of at least 4 members (excludes halogenated alkanes) is 1. The van der Waals surface area contributed by atoms with Gasteiger partial charge in [-0.15, -0.1) is 0 Å². The molecule has 3 heterocycles. The van der Waals surface area contributed by atoms with E-state index in [1.54, 1.807) is 12.5 Å². The average molecular weight is 543 g/mol. The first-order chi connectivity index (χ1) is 18.7. The molecule has 0 bridgehead atoms. The normalized spacial score (nSPS) is 20.9. The van der Waals surface area contributed by atoms with E-state index in [4.69, 9.17) is 9.47 Å². The number of amides is 1. The molecule has 0 spiro atoms. The number of carbonyl (C=O) groups excluding carboxylic acids is 1. The molecule has 0 radical (unpaired) electrons. The molecule has 1 saturated heterocycles. The highest BCUT2D eigenvalue weighted by atomic mass is 16.7. The second-order valence-electron chi connectivity index (χ2n) is 11.8. The van der Waals surface area contributed by atoms with Gasteiger partial charge in [0.25, 0.3) is 0 Å². The van der Waals surface area contributed by atoms with E-state index < -0.39 is 11.9 Å². The quantitative estimate of drug-likeness (QED) is 0.367. The van der Waals surface area contributed by atoms with Crippen LogP contribution in [-0.4, -0.2) is 108 Å². The average Bonchev–Trinajstić information content (AvgIpc) is 3.63. The van der Waals surface area contributed by atoms with Crippen molar-refractivity contribution in [1.82, 2.24) is 19.4 Å². The Morgan fingerprint density at radius 1 is 1.15 bits per heavy atom. The number of fused-ring (bicyclic) bond motifs is 1. The maximum absolute atomic E-state index is 13.7. The standard InChI is InChI=1S/C29H43N5O5/c1-5-6-12-32(13-7-16-34(2,3)4)27(35)19-33-18-23(22-8-9-25-26(17-22)39-21-38-25)28(29(36)37)24(33)10-14-31-15-11-30-20-31/h8-9,11,15,17,20,23-24,28H,5-7,10,12-14,16,18-19,21H2,1-4H3/p+1/t23-,24+,28-/m1/s1. The van der Waals surface area contributed by atoms with Crippen LogP contribution in [0, 0.1) is 5.92 Å². The van der Waals surface area contributed by atoms with E-state index in [9.17, 15) is 14.7 Å².